The zero-order chi connectivity index (χ0) is 10.1. The molecular weight excluding hydrogens is 184 g/mol. The normalized spacial score (nSPS) is 12.8. The van der Waals surface area contributed by atoms with Crippen molar-refractivity contribution in [3.63, 3.8) is 0 Å². The van der Waals surface area contributed by atoms with Gasteiger partial charge in [-0.1, -0.05) is 24.3 Å². The highest BCUT2D eigenvalue weighted by molar-refractivity contribution is 5.45. The Balaban J connectivity index is 2.20. The smallest absolute Gasteiger partial charge is 0.0857 e. The first-order chi connectivity index (χ1) is 7.40. The van der Waals surface area contributed by atoms with Gasteiger partial charge in [-0.2, -0.15) is 10.2 Å². The van der Waals surface area contributed by atoms with Crippen molar-refractivity contribution >= 4 is 11.4 Å². The van der Waals surface area contributed by atoms with Crippen LogP contribution in [0.3, 0.4) is 0 Å². The minimum atomic E-state index is 0.906. The number of hydrogen-bond acceptors (Lipinski definition) is 2. The van der Waals surface area contributed by atoms with E-state index in [4.69, 9.17) is 0 Å². The van der Waals surface area contributed by atoms with E-state index in [-0.39, 0.29) is 0 Å². The summed E-state index contributed by atoms with van der Waals surface area (Å²) in [6.07, 6.45) is 0.973. The van der Waals surface area contributed by atoms with Crippen molar-refractivity contribution in [1.82, 2.24) is 0 Å². The highest BCUT2D eigenvalue weighted by Gasteiger charge is 2.00. The molecule has 2 aromatic carbocycles. The van der Waals surface area contributed by atoms with Crippen molar-refractivity contribution in [1.29, 1.82) is 0 Å². The molecule has 0 aromatic heterocycles. The highest BCUT2D eigenvalue weighted by Crippen LogP contribution is 2.22. The van der Waals surface area contributed by atoms with Gasteiger partial charge in [0.1, 0.15) is 0 Å². The van der Waals surface area contributed by atoms with Gasteiger partial charge in [-0.3, -0.25) is 0 Å². The van der Waals surface area contributed by atoms with Crippen LogP contribution < -0.4 is 0 Å². The number of azo groups is 1. The lowest BCUT2D eigenvalue weighted by atomic mass is 10.0. The van der Waals surface area contributed by atoms with Gasteiger partial charge in [0.25, 0.3) is 0 Å². The fourth-order valence-corrected chi connectivity index (χ4v) is 1.71. The van der Waals surface area contributed by atoms with E-state index >= 15 is 0 Å². The first-order valence-corrected chi connectivity index (χ1v) is 5.00. The third kappa shape index (κ3) is 1.66. The SMILES string of the molecule is c1cc2ccc1Cc1ccc(cc1)N=N2. The molecule has 2 heteroatoms. The highest BCUT2D eigenvalue weighted by atomic mass is 15.1. The molecule has 0 unspecified atom stereocenters. The molecule has 4 heterocycles. The van der Waals surface area contributed by atoms with Gasteiger partial charge in [-0.25, -0.2) is 0 Å². The van der Waals surface area contributed by atoms with Crippen LogP contribution in [0.5, 0.6) is 0 Å². The lowest BCUT2D eigenvalue weighted by Crippen LogP contribution is -1.85. The molecule has 0 saturated carbocycles. The van der Waals surface area contributed by atoms with Crippen LogP contribution in [0.4, 0.5) is 11.4 Å². The van der Waals surface area contributed by atoms with E-state index in [1.165, 1.54) is 11.1 Å². The summed E-state index contributed by atoms with van der Waals surface area (Å²) in [7, 11) is 0. The summed E-state index contributed by atoms with van der Waals surface area (Å²) in [5.41, 5.74) is 4.43. The van der Waals surface area contributed by atoms with Crippen molar-refractivity contribution in [3.05, 3.63) is 59.7 Å². The Hall–Kier alpha value is -1.96. The molecule has 0 fully saturated rings. The fraction of sp³-hybridized carbons (Fsp3) is 0.0769. The van der Waals surface area contributed by atoms with Crippen LogP contribution in [0.1, 0.15) is 11.1 Å². The topological polar surface area (TPSA) is 24.7 Å². The Bertz CT molecular complexity index is 448. The lowest BCUT2D eigenvalue weighted by Gasteiger charge is -2.00. The molecule has 0 N–H and O–H groups in total. The average molecular weight is 194 g/mol. The first-order valence-electron chi connectivity index (χ1n) is 5.00. The molecule has 4 bridgehead atoms. The van der Waals surface area contributed by atoms with E-state index in [1.54, 1.807) is 0 Å². The molecule has 72 valence electrons. The average Bonchev–Trinajstić information content (AvgIpc) is 2.39. The van der Waals surface area contributed by atoms with Crippen LogP contribution in [0.2, 0.25) is 0 Å². The van der Waals surface area contributed by atoms with Crippen molar-refractivity contribution in [2.75, 3.05) is 0 Å². The molecule has 6 rings (SSSR count). The minimum absolute atomic E-state index is 0.906. The van der Waals surface area contributed by atoms with Gasteiger partial charge in [0.05, 0.1) is 11.4 Å². The Morgan fingerprint density at radius 1 is 0.600 bits per heavy atom. The summed E-state index contributed by atoms with van der Waals surface area (Å²) in [4.78, 5) is 0. The molecule has 4 aliphatic rings. The van der Waals surface area contributed by atoms with Crippen LogP contribution in [0.25, 0.3) is 0 Å². The second-order valence-corrected chi connectivity index (χ2v) is 3.71. The van der Waals surface area contributed by atoms with Crippen molar-refractivity contribution in [3.8, 4) is 0 Å². The van der Waals surface area contributed by atoms with Crippen LogP contribution in [0.15, 0.2) is 58.8 Å². The third-order valence-corrected chi connectivity index (χ3v) is 2.56. The van der Waals surface area contributed by atoms with Gasteiger partial charge in [0, 0.05) is 0 Å². The molecular formula is C13H10N2. The van der Waals surface area contributed by atoms with Crippen molar-refractivity contribution in [2.24, 2.45) is 10.2 Å². The van der Waals surface area contributed by atoms with Crippen LogP contribution in [0, 0.1) is 0 Å². The molecule has 0 atom stereocenters. The summed E-state index contributed by atoms with van der Waals surface area (Å²) >= 11 is 0. The van der Waals surface area contributed by atoms with Crippen LogP contribution in [-0.4, -0.2) is 0 Å². The molecule has 2 aromatic rings. The quantitative estimate of drug-likeness (QED) is 0.516. The summed E-state index contributed by atoms with van der Waals surface area (Å²) in [6.45, 7) is 0. The molecule has 0 radical (unpaired) electrons. The monoisotopic (exact) mass is 194 g/mol. The van der Waals surface area contributed by atoms with E-state index in [1.807, 2.05) is 24.3 Å². The minimum Gasteiger partial charge on any atom is -0.151 e. The molecule has 0 saturated heterocycles. The molecule has 0 amide bonds. The standard InChI is InChI=1S/C13H10N2/c1-5-12-6-2-10(1)9-11-3-7-13(8-4-11)15-14-12/h1-8H,9H2. The zero-order valence-electron chi connectivity index (χ0n) is 8.22. The zero-order valence-corrected chi connectivity index (χ0v) is 8.22. The maximum Gasteiger partial charge on any atom is 0.0857 e. The van der Waals surface area contributed by atoms with E-state index in [0.717, 1.165) is 17.8 Å². The summed E-state index contributed by atoms with van der Waals surface area (Å²) in [5, 5.41) is 8.33. The molecule has 4 aliphatic heterocycles. The number of rotatable bonds is 0. The van der Waals surface area contributed by atoms with Gasteiger partial charge in [-0.05, 0) is 41.8 Å². The third-order valence-electron chi connectivity index (χ3n) is 2.56. The Morgan fingerprint density at radius 2 is 1.00 bits per heavy atom. The maximum absolute atomic E-state index is 4.17. The summed E-state index contributed by atoms with van der Waals surface area (Å²) in [5.74, 6) is 0. The molecule has 0 spiro atoms. The fourth-order valence-electron chi connectivity index (χ4n) is 1.71. The molecule has 15 heavy (non-hydrogen) atoms. The van der Waals surface area contributed by atoms with E-state index in [0.29, 0.717) is 0 Å². The van der Waals surface area contributed by atoms with E-state index in [2.05, 4.69) is 34.5 Å². The van der Waals surface area contributed by atoms with Gasteiger partial charge in [-0.15, -0.1) is 0 Å². The Labute approximate surface area is 88.3 Å². The number of benzene rings is 2. The summed E-state index contributed by atoms with van der Waals surface area (Å²) < 4.78 is 0. The second-order valence-electron chi connectivity index (χ2n) is 3.71. The number of hydrogen-bond donors (Lipinski definition) is 0. The van der Waals surface area contributed by atoms with Crippen molar-refractivity contribution in [2.45, 2.75) is 6.42 Å². The Kier molecular flexibility index (Phi) is 1.85. The summed E-state index contributed by atoms with van der Waals surface area (Å²) in [6, 6.07) is 16.4. The van der Waals surface area contributed by atoms with E-state index < -0.39 is 0 Å². The predicted molar refractivity (Wildman–Crippen MR) is 59.9 cm³/mol. The maximum atomic E-state index is 4.17. The predicted octanol–water partition coefficient (Wildman–Crippen LogP) is 4.01. The van der Waals surface area contributed by atoms with Gasteiger partial charge >= 0.3 is 0 Å². The second kappa shape index (κ2) is 3.31. The van der Waals surface area contributed by atoms with Crippen LogP contribution >= 0.6 is 0 Å². The number of nitrogens with zero attached hydrogens (tertiary/aromatic N) is 2. The van der Waals surface area contributed by atoms with E-state index in [9.17, 15) is 0 Å². The largest absolute Gasteiger partial charge is 0.151 e. The first kappa shape index (κ1) is 8.36. The lowest BCUT2D eigenvalue weighted by molar-refractivity contribution is 1.20. The van der Waals surface area contributed by atoms with Gasteiger partial charge in [0.15, 0.2) is 0 Å². The van der Waals surface area contributed by atoms with Crippen molar-refractivity contribution < 1.29 is 0 Å². The van der Waals surface area contributed by atoms with Gasteiger partial charge in [0.2, 0.25) is 0 Å². The van der Waals surface area contributed by atoms with Gasteiger partial charge < -0.3 is 0 Å². The Morgan fingerprint density at radius 3 is 1.40 bits per heavy atom. The molecule has 0 aliphatic carbocycles. The van der Waals surface area contributed by atoms with Crippen LogP contribution in [-0.2, 0) is 6.42 Å². The molecule has 2 nitrogen and oxygen atoms in total.